The predicted molar refractivity (Wildman–Crippen MR) is 99.2 cm³/mol. The third-order valence-corrected chi connectivity index (χ3v) is 5.77. The van der Waals surface area contributed by atoms with E-state index >= 15 is 0 Å². The maximum atomic E-state index is 9.91. The van der Waals surface area contributed by atoms with E-state index in [1.54, 1.807) is 0 Å². The van der Waals surface area contributed by atoms with Crippen molar-refractivity contribution in [3.63, 3.8) is 0 Å². The van der Waals surface area contributed by atoms with Crippen LogP contribution < -0.4 is 4.90 Å². The van der Waals surface area contributed by atoms with Crippen LogP contribution >= 0.6 is 0 Å². The van der Waals surface area contributed by atoms with Crippen molar-refractivity contribution in [2.45, 2.75) is 58.4 Å². The Morgan fingerprint density at radius 2 is 1.96 bits per heavy atom. The zero-order valence-electron chi connectivity index (χ0n) is 15.2. The summed E-state index contributed by atoms with van der Waals surface area (Å²) in [5.41, 5.74) is 1.39. The number of rotatable bonds is 6. The summed E-state index contributed by atoms with van der Waals surface area (Å²) in [6, 6.07) is 4.42. The Balaban J connectivity index is 1.62. The molecule has 3 rings (SSSR count). The summed E-state index contributed by atoms with van der Waals surface area (Å²) < 4.78 is 0. The van der Waals surface area contributed by atoms with E-state index in [0.717, 1.165) is 51.1 Å². The van der Waals surface area contributed by atoms with Crippen LogP contribution in [0.2, 0.25) is 0 Å². The van der Waals surface area contributed by atoms with Crippen molar-refractivity contribution in [3.8, 4) is 0 Å². The topological polar surface area (TPSA) is 39.6 Å². The lowest BCUT2D eigenvalue weighted by atomic mass is 9.77. The van der Waals surface area contributed by atoms with E-state index in [0.29, 0.717) is 6.61 Å². The number of aliphatic hydroxyl groups excluding tert-OH is 1. The standard InChI is InChI=1S/C20H33N3O/c1-2-9-20(17-24)10-6-13-23(16-20)19-8-7-18(14-21-19)15-22-11-4-3-5-12-22/h7-8,14,24H,2-6,9-13,15-17H2,1H3/t20-/m1/s1. The summed E-state index contributed by atoms with van der Waals surface area (Å²) in [4.78, 5) is 9.66. The first-order valence-electron chi connectivity index (χ1n) is 9.78. The summed E-state index contributed by atoms with van der Waals surface area (Å²) >= 11 is 0. The Kier molecular flexibility index (Phi) is 6.12. The minimum absolute atomic E-state index is 0.0706. The van der Waals surface area contributed by atoms with Gasteiger partial charge in [0.2, 0.25) is 0 Å². The smallest absolute Gasteiger partial charge is 0.128 e. The summed E-state index contributed by atoms with van der Waals surface area (Å²) in [7, 11) is 0. The lowest BCUT2D eigenvalue weighted by Gasteiger charge is -2.42. The Bertz CT molecular complexity index is 494. The van der Waals surface area contributed by atoms with Gasteiger partial charge in [-0.05, 0) is 56.8 Å². The molecule has 4 heteroatoms. The molecule has 0 aliphatic carbocycles. The van der Waals surface area contributed by atoms with Crippen molar-refractivity contribution in [1.29, 1.82) is 0 Å². The first kappa shape index (κ1) is 17.7. The molecular weight excluding hydrogens is 298 g/mol. The molecule has 0 aromatic carbocycles. The van der Waals surface area contributed by atoms with Gasteiger partial charge in [-0.1, -0.05) is 25.8 Å². The molecule has 2 saturated heterocycles. The van der Waals surface area contributed by atoms with Crippen molar-refractivity contribution < 1.29 is 5.11 Å². The number of pyridine rings is 1. The molecule has 0 radical (unpaired) electrons. The maximum Gasteiger partial charge on any atom is 0.128 e. The summed E-state index contributed by atoms with van der Waals surface area (Å²) in [5, 5.41) is 9.91. The highest BCUT2D eigenvalue weighted by molar-refractivity contribution is 5.40. The minimum atomic E-state index is 0.0706. The third kappa shape index (κ3) is 4.28. The Labute approximate surface area is 146 Å². The molecule has 0 amide bonds. The Hall–Kier alpha value is -1.13. The number of likely N-dealkylation sites (tertiary alicyclic amines) is 1. The van der Waals surface area contributed by atoms with Gasteiger partial charge >= 0.3 is 0 Å². The summed E-state index contributed by atoms with van der Waals surface area (Å²) in [6.45, 7) is 7.99. The van der Waals surface area contributed by atoms with Crippen molar-refractivity contribution in [3.05, 3.63) is 23.9 Å². The van der Waals surface area contributed by atoms with E-state index < -0.39 is 0 Å². The molecule has 1 aromatic rings. The first-order chi connectivity index (χ1) is 11.7. The van der Waals surface area contributed by atoms with Gasteiger partial charge in [0.25, 0.3) is 0 Å². The lowest BCUT2D eigenvalue weighted by molar-refractivity contribution is 0.0952. The fourth-order valence-corrected chi connectivity index (χ4v) is 4.42. The number of hydrogen-bond donors (Lipinski definition) is 1. The zero-order chi connectivity index (χ0) is 16.8. The van der Waals surface area contributed by atoms with E-state index in [1.165, 1.54) is 37.9 Å². The monoisotopic (exact) mass is 331 g/mol. The minimum Gasteiger partial charge on any atom is -0.396 e. The van der Waals surface area contributed by atoms with Gasteiger partial charge in [-0.3, -0.25) is 4.90 Å². The van der Waals surface area contributed by atoms with E-state index in [4.69, 9.17) is 4.98 Å². The number of piperidine rings is 2. The van der Waals surface area contributed by atoms with Gasteiger partial charge in [0.05, 0.1) is 6.61 Å². The highest BCUT2D eigenvalue weighted by Crippen LogP contribution is 2.35. The van der Waals surface area contributed by atoms with Gasteiger partial charge in [-0.25, -0.2) is 4.98 Å². The highest BCUT2D eigenvalue weighted by atomic mass is 16.3. The summed E-state index contributed by atoms with van der Waals surface area (Å²) in [5.74, 6) is 1.08. The molecule has 4 nitrogen and oxygen atoms in total. The van der Waals surface area contributed by atoms with Gasteiger partial charge in [-0.2, -0.15) is 0 Å². The second-order valence-electron chi connectivity index (χ2n) is 7.79. The molecule has 0 bridgehead atoms. The van der Waals surface area contributed by atoms with Gasteiger partial charge < -0.3 is 10.0 Å². The zero-order valence-corrected chi connectivity index (χ0v) is 15.2. The molecule has 2 aliphatic rings. The number of aromatic nitrogens is 1. The average Bonchev–Trinajstić information content (AvgIpc) is 2.64. The third-order valence-electron chi connectivity index (χ3n) is 5.77. The van der Waals surface area contributed by atoms with Crippen molar-refractivity contribution in [2.24, 2.45) is 5.41 Å². The molecule has 3 heterocycles. The van der Waals surface area contributed by atoms with E-state index in [1.807, 2.05) is 0 Å². The number of aliphatic hydroxyl groups is 1. The lowest BCUT2D eigenvalue weighted by Crippen LogP contribution is -2.45. The molecule has 134 valence electrons. The molecule has 0 saturated carbocycles. The molecule has 0 unspecified atom stereocenters. The van der Waals surface area contributed by atoms with Crippen LogP contribution in [0.25, 0.3) is 0 Å². The highest BCUT2D eigenvalue weighted by Gasteiger charge is 2.34. The van der Waals surface area contributed by atoms with Gasteiger partial charge in [0.1, 0.15) is 5.82 Å². The van der Waals surface area contributed by atoms with Gasteiger partial charge in [-0.15, -0.1) is 0 Å². The molecule has 1 atom stereocenters. The summed E-state index contributed by atoms with van der Waals surface area (Å²) in [6.07, 6.45) is 10.6. The fraction of sp³-hybridized carbons (Fsp3) is 0.750. The number of hydrogen-bond acceptors (Lipinski definition) is 4. The van der Waals surface area contributed by atoms with Crippen molar-refractivity contribution >= 4 is 5.82 Å². The second kappa shape index (κ2) is 8.30. The number of anilines is 1. The van der Waals surface area contributed by atoms with E-state index in [-0.39, 0.29) is 5.41 Å². The Morgan fingerprint density at radius 3 is 2.62 bits per heavy atom. The van der Waals surface area contributed by atoms with Crippen LogP contribution in [0.3, 0.4) is 0 Å². The normalized spacial score (nSPS) is 25.8. The largest absolute Gasteiger partial charge is 0.396 e. The van der Waals surface area contributed by atoms with Gasteiger partial charge in [0, 0.05) is 31.2 Å². The van der Waals surface area contributed by atoms with Crippen LogP contribution in [0.5, 0.6) is 0 Å². The molecule has 2 aliphatic heterocycles. The van der Waals surface area contributed by atoms with Crippen molar-refractivity contribution in [2.75, 3.05) is 37.7 Å². The first-order valence-corrected chi connectivity index (χ1v) is 9.78. The predicted octanol–water partition coefficient (Wildman–Crippen LogP) is 3.45. The van der Waals surface area contributed by atoms with E-state index in [9.17, 15) is 5.11 Å². The van der Waals surface area contributed by atoms with Crippen molar-refractivity contribution in [1.82, 2.24) is 9.88 Å². The molecular formula is C20H33N3O. The molecule has 0 spiro atoms. The average molecular weight is 332 g/mol. The van der Waals surface area contributed by atoms with Crippen LogP contribution in [-0.2, 0) is 6.54 Å². The SMILES string of the molecule is CCC[C@@]1(CO)CCCN(c2ccc(CN3CCCCC3)cn2)C1. The molecule has 2 fully saturated rings. The van der Waals surface area contributed by atoms with Crippen LogP contribution in [-0.4, -0.2) is 47.8 Å². The molecule has 1 N–H and O–H groups in total. The van der Waals surface area contributed by atoms with Crippen LogP contribution in [0.15, 0.2) is 18.3 Å². The number of nitrogens with zero attached hydrogens (tertiary/aromatic N) is 3. The molecule has 1 aromatic heterocycles. The van der Waals surface area contributed by atoms with E-state index in [2.05, 4.69) is 35.1 Å². The van der Waals surface area contributed by atoms with Gasteiger partial charge in [0.15, 0.2) is 0 Å². The van der Waals surface area contributed by atoms with Crippen LogP contribution in [0.4, 0.5) is 5.82 Å². The Morgan fingerprint density at radius 1 is 1.12 bits per heavy atom. The van der Waals surface area contributed by atoms with Crippen LogP contribution in [0.1, 0.15) is 57.4 Å². The molecule has 24 heavy (non-hydrogen) atoms. The fourth-order valence-electron chi connectivity index (χ4n) is 4.42. The second-order valence-corrected chi connectivity index (χ2v) is 7.79. The quantitative estimate of drug-likeness (QED) is 0.867. The van der Waals surface area contributed by atoms with Crippen LogP contribution in [0, 0.1) is 5.41 Å². The maximum absolute atomic E-state index is 9.91.